The van der Waals surface area contributed by atoms with Gasteiger partial charge in [-0.25, -0.2) is 4.79 Å². The maximum Gasteiger partial charge on any atom is 0.330 e. The quantitative estimate of drug-likeness (QED) is 0.536. The van der Waals surface area contributed by atoms with Gasteiger partial charge in [-0.05, 0) is 32.1 Å². The Kier molecular flexibility index (Phi) is 3.79. The molecule has 74 valence electrons. The van der Waals surface area contributed by atoms with E-state index in [1.54, 1.807) is 19.1 Å². The van der Waals surface area contributed by atoms with E-state index >= 15 is 0 Å². The van der Waals surface area contributed by atoms with Gasteiger partial charge in [-0.15, -0.1) is 0 Å². The van der Waals surface area contributed by atoms with Crippen LogP contribution in [0.1, 0.15) is 18.3 Å². The molecule has 0 unspecified atom stereocenters. The summed E-state index contributed by atoms with van der Waals surface area (Å²) in [5, 5.41) is 7.72. The van der Waals surface area contributed by atoms with Crippen LogP contribution in [0, 0.1) is 6.92 Å². The first kappa shape index (κ1) is 10.4. The Morgan fingerprint density at radius 1 is 1.50 bits per heavy atom. The number of carbonyl (C=O) groups excluding carboxylic acids is 1. The van der Waals surface area contributed by atoms with Crippen LogP contribution in [0.25, 0.3) is 6.08 Å². The lowest BCUT2D eigenvalue weighted by molar-refractivity contribution is -0.137. The van der Waals surface area contributed by atoms with E-state index in [4.69, 9.17) is 4.74 Å². The zero-order chi connectivity index (χ0) is 10.4. The van der Waals surface area contributed by atoms with Crippen LogP contribution in [0.4, 0.5) is 0 Å². The monoisotopic (exact) mass is 192 g/mol. The highest BCUT2D eigenvalue weighted by Crippen LogP contribution is 1.97. The minimum Gasteiger partial charge on any atom is -0.463 e. The standard InChI is InChI=1S/C10H12N2O2/c1-3-14-10(13)7-6-9-5-4-8(2)11-12-9/h4-7H,3H2,1-2H3. The van der Waals surface area contributed by atoms with E-state index in [-0.39, 0.29) is 5.97 Å². The lowest BCUT2D eigenvalue weighted by Crippen LogP contribution is -1.99. The zero-order valence-corrected chi connectivity index (χ0v) is 8.23. The van der Waals surface area contributed by atoms with E-state index in [0.717, 1.165) is 5.69 Å². The minimum absolute atomic E-state index is 0.366. The van der Waals surface area contributed by atoms with Crippen molar-refractivity contribution in [3.63, 3.8) is 0 Å². The van der Waals surface area contributed by atoms with E-state index in [1.165, 1.54) is 6.08 Å². The maximum absolute atomic E-state index is 10.9. The van der Waals surface area contributed by atoms with E-state index < -0.39 is 0 Å². The third kappa shape index (κ3) is 3.35. The largest absolute Gasteiger partial charge is 0.463 e. The molecular formula is C10H12N2O2. The summed E-state index contributed by atoms with van der Waals surface area (Å²) in [6.45, 7) is 3.99. The first-order chi connectivity index (χ1) is 6.72. The Labute approximate surface area is 82.6 Å². The molecule has 4 heteroatoms. The van der Waals surface area contributed by atoms with Crippen molar-refractivity contribution < 1.29 is 9.53 Å². The Morgan fingerprint density at radius 2 is 2.29 bits per heavy atom. The van der Waals surface area contributed by atoms with E-state index in [9.17, 15) is 4.79 Å². The summed E-state index contributed by atoms with van der Waals surface area (Å²) >= 11 is 0. The van der Waals surface area contributed by atoms with Gasteiger partial charge < -0.3 is 4.74 Å². The Hall–Kier alpha value is -1.71. The van der Waals surface area contributed by atoms with Gasteiger partial charge in [-0.1, -0.05) is 0 Å². The number of hydrogen-bond acceptors (Lipinski definition) is 4. The van der Waals surface area contributed by atoms with Crippen LogP contribution in [0.2, 0.25) is 0 Å². The molecule has 0 bridgehead atoms. The maximum atomic E-state index is 10.9. The van der Waals surface area contributed by atoms with Gasteiger partial charge in [0.1, 0.15) is 0 Å². The second kappa shape index (κ2) is 5.11. The molecule has 0 atom stereocenters. The van der Waals surface area contributed by atoms with Gasteiger partial charge in [-0.2, -0.15) is 10.2 Å². The molecule has 1 heterocycles. The number of esters is 1. The number of rotatable bonds is 3. The number of ether oxygens (including phenoxy) is 1. The van der Waals surface area contributed by atoms with Gasteiger partial charge in [0.05, 0.1) is 18.0 Å². The normalized spacial score (nSPS) is 10.4. The van der Waals surface area contributed by atoms with E-state index in [2.05, 4.69) is 10.2 Å². The van der Waals surface area contributed by atoms with Gasteiger partial charge in [0.2, 0.25) is 0 Å². The van der Waals surface area contributed by atoms with Crippen molar-refractivity contribution in [3.8, 4) is 0 Å². The Balaban J connectivity index is 2.60. The molecular weight excluding hydrogens is 180 g/mol. The SMILES string of the molecule is CCOC(=O)C=Cc1ccc(C)nn1. The number of hydrogen-bond donors (Lipinski definition) is 0. The van der Waals surface area contributed by atoms with Crippen molar-refractivity contribution in [3.05, 3.63) is 29.6 Å². The average molecular weight is 192 g/mol. The highest BCUT2D eigenvalue weighted by Gasteiger charge is 1.94. The molecule has 0 amide bonds. The molecule has 0 aliphatic carbocycles. The first-order valence-corrected chi connectivity index (χ1v) is 4.37. The van der Waals surface area contributed by atoms with Crippen molar-refractivity contribution in [2.45, 2.75) is 13.8 Å². The molecule has 0 saturated carbocycles. The van der Waals surface area contributed by atoms with Gasteiger partial charge in [0.15, 0.2) is 0 Å². The predicted octanol–water partition coefficient (Wildman–Crippen LogP) is 1.36. The molecule has 0 spiro atoms. The molecule has 0 N–H and O–H groups in total. The van der Waals surface area contributed by atoms with Gasteiger partial charge >= 0.3 is 5.97 Å². The summed E-state index contributed by atoms with van der Waals surface area (Å²) in [5.74, 6) is -0.366. The number of nitrogens with zero attached hydrogens (tertiary/aromatic N) is 2. The van der Waals surface area contributed by atoms with E-state index in [0.29, 0.717) is 12.3 Å². The van der Waals surface area contributed by atoms with Crippen molar-refractivity contribution in [1.29, 1.82) is 0 Å². The highest BCUT2D eigenvalue weighted by atomic mass is 16.5. The summed E-state index contributed by atoms with van der Waals surface area (Å²) in [5.41, 5.74) is 1.49. The molecule has 0 aromatic carbocycles. The van der Waals surface area contributed by atoms with Crippen LogP contribution in [0.15, 0.2) is 18.2 Å². The minimum atomic E-state index is -0.366. The topological polar surface area (TPSA) is 52.1 Å². The number of aromatic nitrogens is 2. The van der Waals surface area contributed by atoms with Crippen molar-refractivity contribution in [2.75, 3.05) is 6.61 Å². The predicted molar refractivity (Wildman–Crippen MR) is 52.4 cm³/mol. The Bertz CT molecular complexity index is 330. The average Bonchev–Trinajstić information content (AvgIpc) is 2.17. The molecule has 14 heavy (non-hydrogen) atoms. The van der Waals surface area contributed by atoms with Crippen molar-refractivity contribution >= 4 is 12.0 Å². The van der Waals surface area contributed by atoms with Crippen LogP contribution in [0.3, 0.4) is 0 Å². The van der Waals surface area contributed by atoms with Crippen LogP contribution < -0.4 is 0 Å². The summed E-state index contributed by atoms with van der Waals surface area (Å²) in [6.07, 6.45) is 2.91. The lowest BCUT2D eigenvalue weighted by Gasteiger charge is -1.94. The van der Waals surface area contributed by atoms with Crippen LogP contribution in [-0.4, -0.2) is 22.8 Å². The summed E-state index contributed by atoms with van der Waals surface area (Å²) < 4.78 is 4.71. The third-order valence-corrected chi connectivity index (χ3v) is 1.50. The summed E-state index contributed by atoms with van der Waals surface area (Å²) in [4.78, 5) is 10.9. The molecule has 4 nitrogen and oxygen atoms in total. The molecule has 1 aromatic rings. The third-order valence-electron chi connectivity index (χ3n) is 1.50. The van der Waals surface area contributed by atoms with Gasteiger partial charge in [0.25, 0.3) is 0 Å². The fraction of sp³-hybridized carbons (Fsp3) is 0.300. The van der Waals surface area contributed by atoms with Crippen LogP contribution in [0.5, 0.6) is 0 Å². The molecule has 0 fully saturated rings. The highest BCUT2D eigenvalue weighted by molar-refractivity contribution is 5.86. The molecule has 0 saturated heterocycles. The molecule has 0 aliphatic heterocycles. The molecule has 0 radical (unpaired) electrons. The zero-order valence-electron chi connectivity index (χ0n) is 8.23. The fourth-order valence-corrected chi connectivity index (χ4v) is 0.842. The number of aryl methyl sites for hydroxylation is 1. The Morgan fingerprint density at radius 3 is 2.86 bits per heavy atom. The van der Waals surface area contributed by atoms with Gasteiger partial charge in [-0.3, -0.25) is 0 Å². The lowest BCUT2D eigenvalue weighted by atomic mass is 10.3. The van der Waals surface area contributed by atoms with E-state index in [1.807, 2.05) is 13.0 Å². The summed E-state index contributed by atoms with van der Waals surface area (Å²) in [6, 6.07) is 3.62. The van der Waals surface area contributed by atoms with Crippen molar-refractivity contribution in [2.24, 2.45) is 0 Å². The van der Waals surface area contributed by atoms with Crippen molar-refractivity contribution in [1.82, 2.24) is 10.2 Å². The van der Waals surface area contributed by atoms with Crippen LogP contribution >= 0.6 is 0 Å². The second-order valence-corrected chi connectivity index (χ2v) is 2.68. The molecule has 1 rings (SSSR count). The molecule has 1 aromatic heterocycles. The first-order valence-electron chi connectivity index (χ1n) is 4.37. The number of carbonyl (C=O) groups is 1. The second-order valence-electron chi connectivity index (χ2n) is 2.68. The smallest absolute Gasteiger partial charge is 0.330 e. The fourth-order valence-electron chi connectivity index (χ4n) is 0.842. The van der Waals surface area contributed by atoms with Gasteiger partial charge in [0, 0.05) is 6.08 Å². The van der Waals surface area contributed by atoms with Crippen LogP contribution in [-0.2, 0) is 9.53 Å². The molecule has 0 aliphatic rings. The summed E-state index contributed by atoms with van der Waals surface area (Å²) in [7, 11) is 0.